The first kappa shape index (κ1) is 18.1. The fraction of sp³-hybridized carbons (Fsp3) is 0.312. The quantitative estimate of drug-likeness (QED) is 0.794. The fourth-order valence-electron chi connectivity index (χ4n) is 2.63. The van der Waals surface area contributed by atoms with Crippen LogP contribution in [-0.2, 0) is 26.0 Å². The van der Waals surface area contributed by atoms with Crippen LogP contribution >= 0.6 is 0 Å². The van der Waals surface area contributed by atoms with E-state index in [1.165, 1.54) is 30.0 Å². The molecule has 1 aliphatic rings. The molecule has 1 atom stereocenters. The van der Waals surface area contributed by atoms with Gasteiger partial charge in [-0.1, -0.05) is 5.16 Å². The van der Waals surface area contributed by atoms with Gasteiger partial charge in [-0.15, -0.1) is 0 Å². The zero-order valence-electron chi connectivity index (χ0n) is 14.4. The van der Waals surface area contributed by atoms with Gasteiger partial charge in [0, 0.05) is 18.8 Å². The predicted octanol–water partition coefficient (Wildman–Crippen LogP) is 0.807. The summed E-state index contributed by atoms with van der Waals surface area (Å²) in [5.41, 5.74) is 1.32. The highest BCUT2D eigenvalue weighted by Crippen LogP contribution is 2.29. The second-order valence-electron chi connectivity index (χ2n) is 6.08. The molecule has 1 aliphatic heterocycles. The van der Waals surface area contributed by atoms with E-state index in [0.29, 0.717) is 17.0 Å². The maximum absolute atomic E-state index is 12.5. The van der Waals surface area contributed by atoms with E-state index in [4.69, 9.17) is 4.52 Å². The molecule has 2 aromatic rings. The summed E-state index contributed by atoms with van der Waals surface area (Å²) in [5.74, 6) is 0.0555. The minimum atomic E-state index is -3.93. The summed E-state index contributed by atoms with van der Waals surface area (Å²) in [7, 11) is -2.30. The molecule has 2 amide bonds. The Bertz CT molecular complexity index is 982. The van der Waals surface area contributed by atoms with Gasteiger partial charge in [-0.3, -0.25) is 9.59 Å². The molecule has 138 valence electrons. The van der Waals surface area contributed by atoms with Crippen LogP contribution in [0.3, 0.4) is 0 Å². The number of rotatable bonds is 5. The monoisotopic (exact) mass is 378 g/mol. The van der Waals surface area contributed by atoms with Crippen LogP contribution in [0.2, 0.25) is 0 Å². The van der Waals surface area contributed by atoms with E-state index in [0.717, 1.165) is 0 Å². The maximum atomic E-state index is 12.5. The van der Waals surface area contributed by atoms with Crippen LogP contribution in [0.1, 0.15) is 18.2 Å². The molecule has 0 unspecified atom stereocenters. The minimum absolute atomic E-state index is 0.00344. The molecule has 1 aromatic heterocycles. The number of amides is 2. The minimum Gasteiger partial charge on any atom is -0.360 e. The third kappa shape index (κ3) is 3.46. The molecule has 9 nitrogen and oxygen atoms in total. The van der Waals surface area contributed by atoms with Gasteiger partial charge in [0.05, 0.1) is 17.4 Å². The summed E-state index contributed by atoms with van der Waals surface area (Å²) in [4.78, 5) is 25.3. The first-order valence-electron chi connectivity index (χ1n) is 7.83. The lowest BCUT2D eigenvalue weighted by Gasteiger charge is -2.14. The van der Waals surface area contributed by atoms with Crippen LogP contribution in [0.25, 0.3) is 0 Å². The van der Waals surface area contributed by atoms with Crippen molar-refractivity contribution >= 4 is 33.3 Å². The Labute approximate surface area is 150 Å². The van der Waals surface area contributed by atoms with E-state index in [1.54, 1.807) is 20.0 Å². The van der Waals surface area contributed by atoms with Gasteiger partial charge in [-0.05, 0) is 37.6 Å². The summed E-state index contributed by atoms with van der Waals surface area (Å²) in [6.07, 6.45) is 0.150. The zero-order valence-corrected chi connectivity index (χ0v) is 15.3. The summed E-state index contributed by atoms with van der Waals surface area (Å²) < 4.78 is 32.2. The fourth-order valence-corrected chi connectivity index (χ4v) is 3.88. The van der Waals surface area contributed by atoms with E-state index in [2.05, 4.69) is 15.2 Å². The lowest BCUT2D eigenvalue weighted by Crippen LogP contribution is -2.41. The predicted molar refractivity (Wildman–Crippen MR) is 93.2 cm³/mol. The molecule has 0 saturated heterocycles. The molecule has 1 aromatic carbocycles. The second-order valence-corrected chi connectivity index (χ2v) is 7.79. The Morgan fingerprint density at radius 2 is 2.08 bits per heavy atom. The number of nitrogens with one attached hydrogen (secondary N) is 2. The number of aryl methyl sites for hydroxylation is 1. The normalized spacial score (nSPS) is 15.0. The van der Waals surface area contributed by atoms with E-state index in [-0.39, 0.29) is 23.0 Å². The highest BCUT2D eigenvalue weighted by molar-refractivity contribution is 7.89. The number of sulfonamides is 1. The van der Waals surface area contributed by atoms with Crippen molar-refractivity contribution in [2.75, 3.05) is 17.3 Å². The van der Waals surface area contributed by atoms with Gasteiger partial charge in [0.25, 0.3) is 0 Å². The summed E-state index contributed by atoms with van der Waals surface area (Å²) in [5, 5.41) is 6.09. The van der Waals surface area contributed by atoms with Gasteiger partial charge in [0.2, 0.25) is 21.8 Å². The molecular formula is C16H18N4O5S. The van der Waals surface area contributed by atoms with Gasteiger partial charge in [0.15, 0.2) is 5.82 Å². The molecule has 10 heteroatoms. The lowest BCUT2D eigenvalue weighted by molar-refractivity contribution is -0.118. The van der Waals surface area contributed by atoms with Crippen molar-refractivity contribution in [1.82, 2.24) is 9.88 Å². The van der Waals surface area contributed by atoms with Crippen LogP contribution in [0, 0.1) is 6.92 Å². The van der Waals surface area contributed by atoms with Crippen molar-refractivity contribution in [2.24, 2.45) is 0 Å². The van der Waals surface area contributed by atoms with E-state index >= 15 is 0 Å². The van der Waals surface area contributed by atoms with Gasteiger partial charge >= 0.3 is 0 Å². The summed E-state index contributed by atoms with van der Waals surface area (Å²) in [6, 6.07) is 4.92. The van der Waals surface area contributed by atoms with E-state index in [1.807, 2.05) is 0 Å². The molecule has 0 radical (unpaired) electrons. The molecule has 3 rings (SSSR count). The van der Waals surface area contributed by atoms with Crippen LogP contribution < -0.4 is 14.9 Å². The maximum Gasteiger partial charge on any atom is 0.243 e. The summed E-state index contributed by atoms with van der Waals surface area (Å²) in [6.45, 7) is 3.09. The first-order valence-corrected chi connectivity index (χ1v) is 9.31. The molecule has 2 heterocycles. The molecule has 0 aliphatic carbocycles. The van der Waals surface area contributed by atoms with E-state index in [9.17, 15) is 18.0 Å². The number of anilines is 2. The summed E-state index contributed by atoms with van der Waals surface area (Å²) >= 11 is 0. The largest absolute Gasteiger partial charge is 0.360 e. The van der Waals surface area contributed by atoms with Crippen molar-refractivity contribution in [3.05, 3.63) is 35.6 Å². The van der Waals surface area contributed by atoms with E-state index < -0.39 is 22.0 Å². The number of aromatic nitrogens is 1. The van der Waals surface area contributed by atoms with Crippen LogP contribution in [-0.4, -0.2) is 38.5 Å². The number of benzene rings is 1. The number of carbonyl (C=O) groups excluding carboxylic acids is 2. The number of carbonyl (C=O) groups is 2. The van der Waals surface area contributed by atoms with Gasteiger partial charge < -0.3 is 14.7 Å². The Balaban J connectivity index is 1.73. The molecule has 26 heavy (non-hydrogen) atoms. The lowest BCUT2D eigenvalue weighted by atomic mass is 10.2. The number of hydrogen-bond acceptors (Lipinski definition) is 6. The van der Waals surface area contributed by atoms with Crippen molar-refractivity contribution in [3.63, 3.8) is 0 Å². The van der Waals surface area contributed by atoms with Crippen molar-refractivity contribution in [2.45, 2.75) is 31.2 Å². The number of hydrogen-bond donors (Lipinski definition) is 2. The van der Waals surface area contributed by atoms with Gasteiger partial charge in [-0.25, -0.2) is 8.42 Å². The Hall–Kier alpha value is -2.72. The third-order valence-electron chi connectivity index (χ3n) is 4.04. The number of likely N-dealkylation sites (N-methyl/N-ethyl adjacent to an activating group) is 1. The molecule has 0 spiro atoms. The molecule has 0 bridgehead atoms. The highest BCUT2D eigenvalue weighted by Gasteiger charge is 2.28. The topological polar surface area (TPSA) is 122 Å². The van der Waals surface area contributed by atoms with Crippen LogP contribution in [0.4, 0.5) is 11.5 Å². The smallest absolute Gasteiger partial charge is 0.243 e. The van der Waals surface area contributed by atoms with Crippen molar-refractivity contribution in [3.8, 4) is 0 Å². The zero-order chi connectivity index (χ0) is 19.1. The molecule has 0 fully saturated rings. The van der Waals surface area contributed by atoms with Gasteiger partial charge in [-0.2, -0.15) is 4.72 Å². The van der Waals surface area contributed by atoms with Crippen LogP contribution in [0.5, 0.6) is 0 Å². The van der Waals surface area contributed by atoms with Crippen molar-refractivity contribution in [1.29, 1.82) is 0 Å². The molecule has 0 saturated carbocycles. The highest BCUT2D eigenvalue weighted by atomic mass is 32.2. The standard InChI is InChI=1S/C16H18N4O5S/c1-9-6-14(18-25-9)17-16(22)10(2)19-26(23,24)12-4-5-13-11(7-12)8-15(21)20(13)3/h4-7,10,19H,8H2,1-3H3,(H,17,18,22)/t10-/m0/s1. The second kappa shape index (κ2) is 6.54. The molecule has 2 N–H and O–H groups in total. The number of nitrogens with zero attached hydrogens (tertiary/aromatic N) is 2. The SMILES string of the molecule is Cc1cc(NC(=O)[C@H](C)NS(=O)(=O)c2ccc3c(c2)CC(=O)N3C)no1. The first-order chi connectivity index (χ1) is 12.2. The van der Waals surface area contributed by atoms with Crippen LogP contribution in [0.15, 0.2) is 33.7 Å². The Morgan fingerprint density at radius 3 is 2.73 bits per heavy atom. The Morgan fingerprint density at radius 1 is 1.35 bits per heavy atom. The number of fused-ring (bicyclic) bond motifs is 1. The van der Waals surface area contributed by atoms with Crippen molar-refractivity contribution < 1.29 is 22.5 Å². The average molecular weight is 378 g/mol. The third-order valence-corrected chi connectivity index (χ3v) is 5.58. The average Bonchev–Trinajstić information content (AvgIpc) is 3.10. The Kier molecular flexibility index (Phi) is 4.55. The van der Waals surface area contributed by atoms with Gasteiger partial charge in [0.1, 0.15) is 5.76 Å². The molecular weight excluding hydrogens is 360 g/mol.